The number of esters is 1. The van der Waals surface area contributed by atoms with Crippen LogP contribution in [0, 0.1) is 6.92 Å². The van der Waals surface area contributed by atoms with Crippen LogP contribution in [-0.2, 0) is 28.7 Å². The van der Waals surface area contributed by atoms with Gasteiger partial charge in [-0.15, -0.1) is 11.3 Å². The number of halogens is 3. The summed E-state index contributed by atoms with van der Waals surface area (Å²) in [5, 5.41) is 6.30. The number of alkyl halides is 3. The van der Waals surface area contributed by atoms with E-state index in [1.54, 1.807) is 5.38 Å². The van der Waals surface area contributed by atoms with Gasteiger partial charge in [0.05, 0.1) is 22.7 Å². The molecule has 2 heterocycles. The Bertz CT molecular complexity index is 903. The van der Waals surface area contributed by atoms with Crippen molar-refractivity contribution in [1.29, 1.82) is 0 Å². The number of benzene rings is 1. The molecule has 0 aliphatic carbocycles. The van der Waals surface area contributed by atoms with E-state index in [1.807, 2.05) is 6.92 Å². The molecule has 0 saturated carbocycles. The third kappa shape index (κ3) is 4.45. The summed E-state index contributed by atoms with van der Waals surface area (Å²) in [4.78, 5) is 19.9. The van der Waals surface area contributed by atoms with Crippen LogP contribution in [0.15, 0.2) is 34.2 Å². The minimum Gasteiger partial charge on any atom is -0.455 e. The Kier molecular flexibility index (Phi) is 5.03. The van der Waals surface area contributed by atoms with Crippen LogP contribution >= 0.6 is 11.3 Å². The molecule has 0 fully saturated rings. The first-order chi connectivity index (χ1) is 12.3. The lowest BCUT2D eigenvalue weighted by Crippen LogP contribution is -2.08. The van der Waals surface area contributed by atoms with Crippen molar-refractivity contribution in [2.24, 2.45) is 0 Å². The fourth-order valence-electron chi connectivity index (χ4n) is 2.07. The number of carbonyl (C=O) groups is 1. The molecule has 3 aromatic rings. The fraction of sp³-hybridized carbons (Fsp3) is 0.250. The molecule has 0 atom stereocenters. The van der Waals surface area contributed by atoms with E-state index < -0.39 is 17.7 Å². The van der Waals surface area contributed by atoms with Crippen molar-refractivity contribution in [2.45, 2.75) is 26.1 Å². The highest BCUT2D eigenvalue weighted by molar-refractivity contribution is 7.09. The van der Waals surface area contributed by atoms with Crippen molar-refractivity contribution in [1.82, 2.24) is 15.1 Å². The average Bonchev–Trinajstić information content (AvgIpc) is 3.21. The summed E-state index contributed by atoms with van der Waals surface area (Å²) in [7, 11) is 0. The third-order valence-corrected chi connectivity index (χ3v) is 4.11. The predicted molar refractivity (Wildman–Crippen MR) is 85.1 cm³/mol. The van der Waals surface area contributed by atoms with Gasteiger partial charge in [-0.25, -0.2) is 4.98 Å². The molecule has 3 rings (SSSR count). The second kappa shape index (κ2) is 7.24. The van der Waals surface area contributed by atoms with Gasteiger partial charge in [0.2, 0.25) is 5.82 Å². The number of ether oxygens (including phenoxy) is 1. The number of aryl methyl sites for hydroxylation is 1. The highest BCUT2D eigenvalue weighted by atomic mass is 32.1. The van der Waals surface area contributed by atoms with E-state index in [0.717, 1.165) is 17.1 Å². The molecule has 6 nitrogen and oxygen atoms in total. The van der Waals surface area contributed by atoms with Crippen molar-refractivity contribution < 1.29 is 27.2 Å². The summed E-state index contributed by atoms with van der Waals surface area (Å²) >= 11 is 1.43. The minimum atomic E-state index is -4.41. The molecule has 136 valence electrons. The van der Waals surface area contributed by atoms with Gasteiger partial charge in [0.1, 0.15) is 0 Å². The molecule has 0 spiro atoms. The topological polar surface area (TPSA) is 78.1 Å². The van der Waals surface area contributed by atoms with Gasteiger partial charge in [0, 0.05) is 10.9 Å². The van der Waals surface area contributed by atoms with Crippen molar-refractivity contribution >= 4 is 17.3 Å². The Morgan fingerprint density at radius 1 is 1.23 bits per heavy atom. The number of carbonyl (C=O) groups excluding carboxylic acids is 1. The number of rotatable bonds is 5. The van der Waals surface area contributed by atoms with E-state index in [1.165, 1.54) is 23.5 Å². The molecule has 0 radical (unpaired) electrons. The highest BCUT2D eigenvalue weighted by Crippen LogP contribution is 2.30. The highest BCUT2D eigenvalue weighted by Gasteiger charge is 2.30. The molecule has 0 N–H and O–H groups in total. The molecular weight excluding hydrogens is 371 g/mol. The average molecular weight is 383 g/mol. The van der Waals surface area contributed by atoms with Gasteiger partial charge < -0.3 is 9.26 Å². The van der Waals surface area contributed by atoms with Gasteiger partial charge in [-0.2, -0.15) is 18.2 Å². The molecule has 26 heavy (non-hydrogen) atoms. The monoisotopic (exact) mass is 383 g/mol. The fourth-order valence-corrected chi connectivity index (χ4v) is 2.68. The van der Waals surface area contributed by atoms with Crippen LogP contribution in [0.25, 0.3) is 11.4 Å². The lowest BCUT2D eigenvalue weighted by molar-refractivity contribution is -0.145. The summed E-state index contributed by atoms with van der Waals surface area (Å²) in [6.45, 7) is 1.61. The number of thiazole rings is 1. The first-order valence-corrected chi connectivity index (χ1v) is 8.26. The van der Waals surface area contributed by atoms with Crippen molar-refractivity contribution in [3.8, 4) is 11.4 Å². The van der Waals surface area contributed by atoms with Gasteiger partial charge >= 0.3 is 12.1 Å². The Balaban J connectivity index is 1.58. The van der Waals surface area contributed by atoms with E-state index in [-0.39, 0.29) is 24.7 Å². The maximum Gasteiger partial charge on any atom is 0.416 e. The second-order valence-corrected chi connectivity index (χ2v) is 6.34. The zero-order valence-corrected chi connectivity index (χ0v) is 14.2. The molecule has 2 aromatic heterocycles. The number of hydrogen-bond acceptors (Lipinski definition) is 7. The van der Waals surface area contributed by atoms with Crippen molar-refractivity contribution in [3.63, 3.8) is 0 Å². The molecule has 0 aliphatic heterocycles. The van der Waals surface area contributed by atoms with E-state index >= 15 is 0 Å². The summed E-state index contributed by atoms with van der Waals surface area (Å²) in [6.07, 6.45) is -4.38. The maximum absolute atomic E-state index is 12.6. The number of hydrogen-bond donors (Lipinski definition) is 0. The van der Waals surface area contributed by atoms with Crippen LogP contribution in [0.3, 0.4) is 0 Å². The van der Waals surface area contributed by atoms with E-state index in [2.05, 4.69) is 15.1 Å². The number of nitrogens with zero attached hydrogens (tertiary/aromatic N) is 3. The second-order valence-electron chi connectivity index (χ2n) is 5.28. The van der Waals surface area contributed by atoms with Crippen LogP contribution < -0.4 is 0 Å². The van der Waals surface area contributed by atoms with Crippen LogP contribution in [0.2, 0.25) is 0 Å². The van der Waals surface area contributed by atoms with Crippen LogP contribution in [0.5, 0.6) is 0 Å². The molecular formula is C16H12F3N3O3S. The zero-order valence-electron chi connectivity index (χ0n) is 13.4. The first kappa shape index (κ1) is 18.1. The van der Waals surface area contributed by atoms with Gasteiger partial charge in [0.15, 0.2) is 6.61 Å². The van der Waals surface area contributed by atoms with Gasteiger partial charge in [-0.3, -0.25) is 4.79 Å². The van der Waals surface area contributed by atoms with Crippen LogP contribution in [0.1, 0.15) is 22.2 Å². The standard InChI is InChI=1S/C16H12F3N3O3S/c1-9-20-12(8-26-9)6-14(23)24-7-13-21-15(22-25-13)10-2-4-11(5-3-10)16(17,18)19/h2-5,8H,6-7H2,1H3. The Morgan fingerprint density at radius 3 is 2.58 bits per heavy atom. The molecule has 0 unspecified atom stereocenters. The summed E-state index contributed by atoms with van der Waals surface area (Å²) in [5.74, 6) is -0.341. The predicted octanol–water partition coefficient (Wildman–Crippen LogP) is 3.81. The molecule has 1 aromatic carbocycles. The van der Waals surface area contributed by atoms with Gasteiger partial charge in [0.25, 0.3) is 5.89 Å². The summed E-state index contributed by atoms with van der Waals surface area (Å²) in [5.41, 5.74) is 0.210. The normalized spacial score (nSPS) is 11.5. The van der Waals surface area contributed by atoms with Gasteiger partial charge in [-0.05, 0) is 19.1 Å². The van der Waals surface area contributed by atoms with Gasteiger partial charge in [-0.1, -0.05) is 17.3 Å². The molecule has 0 amide bonds. The maximum atomic E-state index is 12.6. The number of aromatic nitrogens is 3. The lowest BCUT2D eigenvalue weighted by Gasteiger charge is -2.05. The first-order valence-electron chi connectivity index (χ1n) is 7.38. The quantitative estimate of drug-likeness (QED) is 0.624. The zero-order chi connectivity index (χ0) is 18.7. The van der Waals surface area contributed by atoms with Crippen LogP contribution in [-0.4, -0.2) is 21.1 Å². The Morgan fingerprint density at radius 2 is 1.96 bits per heavy atom. The van der Waals surface area contributed by atoms with Crippen LogP contribution in [0.4, 0.5) is 13.2 Å². The molecule has 0 saturated heterocycles. The molecule has 0 aliphatic rings. The summed E-state index contributed by atoms with van der Waals surface area (Å²) < 4.78 is 47.7. The largest absolute Gasteiger partial charge is 0.455 e. The SMILES string of the molecule is Cc1nc(CC(=O)OCc2nc(-c3ccc(C(F)(F)F)cc3)no2)cs1. The van der Waals surface area contributed by atoms with Crippen molar-refractivity contribution in [3.05, 3.63) is 51.8 Å². The van der Waals surface area contributed by atoms with Crippen molar-refractivity contribution in [2.75, 3.05) is 0 Å². The summed E-state index contributed by atoms with van der Waals surface area (Å²) in [6, 6.07) is 4.35. The lowest BCUT2D eigenvalue weighted by atomic mass is 10.1. The Labute approximate surface area is 149 Å². The smallest absolute Gasteiger partial charge is 0.416 e. The van der Waals surface area contributed by atoms with E-state index in [4.69, 9.17) is 9.26 Å². The van der Waals surface area contributed by atoms with E-state index in [0.29, 0.717) is 11.3 Å². The Hall–Kier alpha value is -2.75. The third-order valence-electron chi connectivity index (χ3n) is 3.29. The minimum absolute atomic E-state index is 0.0320. The molecule has 10 heteroatoms. The molecule has 0 bridgehead atoms. The van der Waals surface area contributed by atoms with E-state index in [9.17, 15) is 18.0 Å².